The molecule has 17 heavy (non-hydrogen) atoms. The molecule has 0 bridgehead atoms. The summed E-state index contributed by atoms with van der Waals surface area (Å²) in [4.78, 5) is 11.6. The Hall–Kier alpha value is -1.71. The maximum Gasteiger partial charge on any atom is 0.251 e. The predicted octanol–water partition coefficient (Wildman–Crippen LogP) is 2.23. The highest BCUT2D eigenvalue weighted by Crippen LogP contribution is 2.28. The number of hydrogen-bond donors (Lipinski definition) is 1. The molecule has 0 aromatic heterocycles. The van der Waals surface area contributed by atoms with Crippen LogP contribution in [0, 0.1) is 0 Å². The fraction of sp³-hybridized carbons (Fsp3) is 0.462. The Morgan fingerprint density at radius 2 is 2.06 bits per heavy atom. The Labute approximate surface area is 102 Å². The molecule has 0 aliphatic carbocycles. The van der Waals surface area contributed by atoms with E-state index < -0.39 is 0 Å². The third kappa shape index (κ3) is 3.66. The van der Waals surface area contributed by atoms with Gasteiger partial charge in [-0.05, 0) is 39.0 Å². The van der Waals surface area contributed by atoms with Crippen LogP contribution >= 0.6 is 0 Å². The van der Waals surface area contributed by atoms with Gasteiger partial charge in [-0.2, -0.15) is 0 Å². The van der Waals surface area contributed by atoms with Crippen molar-refractivity contribution in [3.8, 4) is 11.5 Å². The third-order valence-electron chi connectivity index (χ3n) is 2.13. The minimum atomic E-state index is -0.109. The van der Waals surface area contributed by atoms with Crippen LogP contribution in [0.15, 0.2) is 18.2 Å². The van der Waals surface area contributed by atoms with E-state index in [1.165, 1.54) is 0 Å². The molecule has 1 amide bonds. The maximum absolute atomic E-state index is 11.6. The minimum Gasteiger partial charge on any atom is -0.493 e. The summed E-state index contributed by atoms with van der Waals surface area (Å²) < 4.78 is 10.8. The van der Waals surface area contributed by atoms with Crippen molar-refractivity contribution in [3.05, 3.63) is 23.8 Å². The second kappa shape index (κ2) is 6.13. The van der Waals surface area contributed by atoms with Gasteiger partial charge >= 0.3 is 0 Å². The van der Waals surface area contributed by atoms with Gasteiger partial charge in [-0.15, -0.1) is 0 Å². The normalized spacial score (nSPS) is 10.2. The van der Waals surface area contributed by atoms with Gasteiger partial charge in [0.1, 0.15) is 0 Å². The lowest BCUT2D eigenvalue weighted by Crippen LogP contribution is -2.22. The molecule has 4 nitrogen and oxygen atoms in total. The van der Waals surface area contributed by atoms with E-state index in [1.54, 1.807) is 25.3 Å². The lowest BCUT2D eigenvalue weighted by atomic mass is 10.2. The molecule has 0 heterocycles. The number of rotatable bonds is 5. The predicted molar refractivity (Wildman–Crippen MR) is 66.8 cm³/mol. The second-order valence-corrected chi connectivity index (χ2v) is 3.89. The average molecular weight is 237 g/mol. The van der Waals surface area contributed by atoms with Gasteiger partial charge in [0.05, 0.1) is 13.2 Å². The fourth-order valence-corrected chi connectivity index (χ4v) is 1.42. The molecule has 1 aromatic carbocycles. The minimum absolute atomic E-state index is 0.0687. The molecule has 1 aromatic rings. The summed E-state index contributed by atoms with van der Waals surface area (Å²) in [5, 5.41) is 2.74. The molecule has 0 aliphatic heterocycles. The summed E-state index contributed by atoms with van der Waals surface area (Å²) in [6.45, 7) is 6.37. The van der Waals surface area contributed by atoms with E-state index in [4.69, 9.17) is 9.47 Å². The molecule has 0 radical (unpaired) electrons. The van der Waals surface area contributed by atoms with Crippen molar-refractivity contribution in [3.63, 3.8) is 0 Å². The summed E-state index contributed by atoms with van der Waals surface area (Å²) >= 11 is 0. The number of hydrogen-bond acceptors (Lipinski definition) is 3. The van der Waals surface area contributed by atoms with Gasteiger partial charge in [0.15, 0.2) is 11.5 Å². The van der Waals surface area contributed by atoms with Crippen LogP contribution < -0.4 is 14.8 Å². The first-order valence-corrected chi connectivity index (χ1v) is 5.71. The lowest BCUT2D eigenvalue weighted by molar-refractivity contribution is 0.0955. The van der Waals surface area contributed by atoms with Crippen molar-refractivity contribution in [2.24, 2.45) is 0 Å². The highest BCUT2D eigenvalue weighted by atomic mass is 16.5. The summed E-state index contributed by atoms with van der Waals surface area (Å²) in [6, 6.07) is 5.16. The van der Waals surface area contributed by atoms with Gasteiger partial charge in [-0.3, -0.25) is 4.79 Å². The van der Waals surface area contributed by atoms with Crippen molar-refractivity contribution >= 4 is 5.91 Å². The van der Waals surface area contributed by atoms with Crippen LogP contribution in [0.3, 0.4) is 0 Å². The van der Waals surface area contributed by atoms with Crippen LogP contribution in [0.1, 0.15) is 31.1 Å². The Bertz CT molecular complexity index is 388. The van der Waals surface area contributed by atoms with E-state index >= 15 is 0 Å². The molecule has 0 saturated heterocycles. The molecule has 0 atom stereocenters. The smallest absolute Gasteiger partial charge is 0.251 e. The van der Waals surface area contributed by atoms with E-state index in [0.717, 1.165) is 0 Å². The van der Waals surface area contributed by atoms with Crippen molar-refractivity contribution < 1.29 is 14.3 Å². The largest absolute Gasteiger partial charge is 0.493 e. The van der Waals surface area contributed by atoms with E-state index in [-0.39, 0.29) is 12.0 Å². The highest BCUT2D eigenvalue weighted by molar-refractivity contribution is 5.94. The molecule has 0 spiro atoms. The summed E-state index contributed by atoms with van der Waals surface area (Å²) in [5.74, 6) is 1.11. The molecule has 1 rings (SSSR count). The quantitative estimate of drug-likeness (QED) is 0.854. The van der Waals surface area contributed by atoms with Crippen LogP contribution in [-0.4, -0.2) is 25.7 Å². The number of nitrogens with one attached hydrogen (secondary N) is 1. The molecule has 0 unspecified atom stereocenters. The van der Waals surface area contributed by atoms with Gasteiger partial charge in [0.2, 0.25) is 0 Å². The zero-order chi connectivity index (χ0) is 12.8. The lowest BCUT2D eigenvalue weighted by Gasteiger charge is -2.14. The molecule has 0 fully saturated rings. The van der Waals surface area contributed by atoms with Gasteiger partial charge in [0, 0.05) is 12.1 Å². The summed E-state index contributed by atoms with van der Waals surface area (Å²) in [7, 11) is 1.56. The van der Waals surface area contributed by atoms with Gasteiger partial charge in [-0.25, -0.2) is 0 Å². The molecule has 4 heteroatoms. The van der Waals surface area contributed by atoms with Crippen LogP contribution in [0.25, 0.3) is 0 Å². The van der Waals surface area contributed by atoms with E-state index in [9.17, 15) is 4.79 Å². The van der Waals surface area contributed by atoms with Gasteiger partial charge < -0.3 is 14.8 Å². The summed E-state index contributed by atoms with van der Waals surface area (Å²) in [5.41, 5.74) is 0.569. The van der Waals surface area contributed by atoms with Gasteiger partial charge in [0.25, 0.3) is 5.91 Å². The second-order valence-electron chi connectivity index (χ2n) is 3.89. The number of benzene rings is 1. The van der Waals surface area contributed by atoms with E-state index in [2.05, 4.69) is 5.32 Å². The zero-order valence-electron chi connectivity index (χ0n) is 10.7. The van der Waals surface area contributed by atoms with E-state index in [0.29, 0.717) is 23.6 Å². The van der Waals surface area contributed by atoms with E-state index in [1.807, 2.05) is 20.8 Å². The molecule has 1 N–H and O–H groups in total. The molecule has 0 saturated carbocycles. The Morgan fingerprint density at radius 1 is 1.35 bits per heavy atom. The third-order valence-corrected chi connectivity index (χ3v) is 2.13. The first-order valence-electron chi connectivity index (χ1n) is 5.71. The molecular weight excluding hydrogens is 218 g/mol. The summed E-state index contributed by atoms with van der Waals surface area (Å²) in [6.07, 6.45) is 0.0687. The topological polar surface area (TPSA) is 47.6 Å². The Balaban J connectivity index is 2.95. The standard InChI is InChI=1S/C13H19NO3/c1-5-14-13(15)10-6-7-11(17-9(2)3)12(8-10)16-4/h6-9H,5H2,1-4H3,(H,14,15). The fourth-order valence-electron chi connectivity index (χ4n) is 1.42. The number of amides is 1. The maximum atomic E-state index is 11.6. The van der Waals surface area contributed by atoms with Gasteiger partial charge in [-0.1, -0.05) is 0 Å². The van der Waals surface area contributed by atoms with Crippen molar-refractivity contribution in [1.29, 1.82) is 0 Å². The number of carbonyl (C=O) groups is 1. The zero-order valence-corrected chi connectivity index (χ0v) is 10.7. The molecule has 94 valence electrons. The number of carbonyl (C=O) groups excluding carboxylic acids is 1. The first kappa shape index (κ1) is 13.4. The highest BCUT2D eigenvalue weighted by Gasteiger charge is 2.11. The van der Waals surface area contributed by atoms with Crippen molar-refractivity contribution in [1.82, 2.24) is 5.32 Å². The van der Waals surface area contributed by atoms with Crippen molar-refractivity contribution in [2.45, 2.75) is 26.9 Å². The van der Waals surface area contributed by atoms with Crippen LogP contribution in [0.5, 0.6) is 11.5 Å². The Morgan fingerprint density at radius 3 is 2.59 bits per heavy atom. The van der Waals surface area contributed by atoms with Crippen LogP contribution in [-0.2, 0) is 0 Å². The van der Waals surface area contributed by atoms with Crippen LogP contribution in [0.2, 0.25) is 0 Å². The SMILES string of the molecule is CCNC(=O)c1ccc(OC(C)C)c(OC)c1. The van der Waals surface area contributed by atoms with Crippen molar-refractivity contribution in [2.75, 3.05) is 13.7 Å². The molecular formula is C13H19NO3. The number of ether oxygens (including phenoxy) is 2. The number of methoxy groups -OCH3 is 1. The Kier molecular flexibility index (Phi) is 4.82. The first-order chi connectivity index (χ1) is 8.08. The monoisotopic (exact) mass is 237 g/mol. The van der Waals surface area contributed by atoms with Crippen LogP contribution in [0.4, 0.5) is 0 Å². The molecule has 0 aliphatic rings. The average Bonchev–Trinajstić information content (AvgIpc) is 2.29.